The van der Waals surface area contributed by atoms with E-state index in [9.17, 15) is 14.4 Å². The van der Waals surface area contributed by atoms with Crippen molar-refractivity contribution in [2.75, 3.05) is 23.3 Å². The number of rotatable bonds is 3. The Morgan fingerprint density at radius 2 is 1.79 bits per heavy atom. The average Bonchev–Trinajstić information content (AvgIpc) is 3.12. The molecule has 3 rings (SSSR count). The van der Waals surface area contributed by atoms with Gasteiger partial charge in [-0.05, 0) is 12.8 Å². The maximum absolute atomic E-state index is 12.4. The van der Waals surface area contributed by atoms with Crippen molar-refractivity contribution in [3.8, 4) is 0 Å². The number of carbonyl (C=O) groups excluding carboxylic acids is 1. The summed E-state index contributed by atoms with van der Waals surface area (Å²) in [6.07, 6.45) is 3.54. The topological polar surface area (TPSA) is 102 Å². The zero-order valence-corrected chi connectivity index (χ0v) is 13.5. The molecule has 2 aromatic rings. The van der Waals surface area contributed by atoms with Crippen LogP contribution in [0.1, 0.15) is 23.3 Å². The molecule has 0 saturated carbocycles. The van der Waals surface area contributed by atoms with E-state index in [0.29, 0.717) is 5.82 Å². The Hall–Kier alpha value is -2.97. The third-order valence-electron chi connectivity index (χ3n) is 4.08. The monoisotopic (exact) mass is 330 g/mol. The van der Waals surface area contributed by atoms with E-state index in [1.165, 1.54) is 31.1 Å². The first-order valence-electron chi connectivity index (χ1n) is 7.63. The Morgan fingerprint density at radius 1 is 1.08 bits per heavy atom. The van der Waals surface area contributed by atoms with Gasteiger partial charge < -0.3 is 10.2 Å². The molecule has 0 unspecified atom stereocenters. The van der Waals surface area contributed by atoms with Gasteiger partial charge in [0.25, 0.3) is 11.5 Å². The summed E-state index contributed by atoms with van der Waals surface area (Å²) in [6, 6.07) is 2.81. The van der Waals surface area contributed by atoms with E-state index < -0.39 is 17.2 Å². The van der Waals surface area contributed by atoms with Crippen LogP contribution in [0.2, 0.25) is 0 Å². The molecule has 9 heteroatoms. The molecular formula is C15H18N6O3. The minimum atomic E-state index is -0.516. The van der Waals surface area contributed by atoms with Gasteiger partial charge in [0.2, 0.25) is 0 Å². The van der Waals surface area contributed by atoms with E-state index in [4.69, 9.17) is 0 Å². The fourth-order valence-electron chi connectivity index (χ4n) is 2.62. The number of carbonyl (C=O) groups is 1. The van der Waals surface area contributed by atoms with Gasteiger partial charge in [0.15, 0.2) is 0 Å². The molecule has 1 amide bonds. The first-order chi connectivity index (χ1) is 11.5. The van der Waals surface area contributed by atoms with Gasteiger partial charge in [-0.2, -0.15) is 0 Å². The van der Waals surface area contributed by atoms with Crippen LogP contribution in [0.4, 0.5) is 11.6 Å². The van der Waals surface area contributed by atoms with Gasteiger partial charge >= 0.3 is 5.69 Å². The molecule has 2 aromatic heterocycles. The van der Waals surface area contributed by atoms with Crippen molar-refractivity contribution in [2.45, 2.75) is 12.8 Å². The van der Waals surface area contributed by atoms with Gasteiger partial charge in [-0.25, -0.2) is 14.8 Å². The van der Waals surface area contributed by atoms with Crippen molar-refractivity contribution in [1.82, 2.24) is 19.1 Å². The van der Waals surface area contributed by atoms with Gasteiger partial charge in [0.05, 0.1) is 0 Å². The smallest absolute Gasteiger partial charge is 0.332 e. The van der Waals surface area contributed by atoms with E-state index in [2.05, 4.69) is 20.2 Å². The number of hydrogen-bond donors (Lipinski definition) is 1. The third-order valence-corrected chi connectivity index (χ3v) is 4.08. The molecule has 126 valence electrons. The Morgan fingerprint density at radius 3 is 2.50 bits per heavy atom. The molecule has 0 aliphatic carbocycles. The largest absolute Gasteiger partial charge is 0.357 e. The van der Waals surface area contributed by atoms with Gasteiger partial charge in [0.1, 0.15) is 23.7 Å². The third kappa shape index (κ3) is 2.92. The molecule has 0 aromatic carbocycles. The quantitative estimate of drug-likeness (QED) is 0.831. The summed E-state index contributed by atoms with van der Waals surface area (Å²) in [5.74, 6) is 0.320. The first kappa shape index (κ1) is 15.9. The number of aromatic nitrogens is 4. The summed E-state index contributed by atoms with van der Waals surface area (Å²) in [5.41, 5.74) is -0.827. The lowest BCUT2D eigenvalue weighted by atomic mass is 10.3. The highest BCUT2D eigenvalue weighted by molar-refractivity contribution is 6.02. The summed E-state index contributed by atoms with van der Waals surface area (Å²) < 4.78 is 2.16. The first-order valence-corrected chi connectivity index (χ1v) is 7.63. The zero-order valence-electron chi connectivity index (χ0n) is 13.5. The number of hydrogen-bond acceptors (Lipinski definition) is 6. The maximum Gasteiger partial charge on any atom is 0.332 e. The van der Waals surface area contributed by atoms with Crippen LogP contribution in [0.15, 0.2) is 28.0 Å². The maximum atomic E-state index is 12.4. The minimum absolute atomic E-state index is 0.120. The highest BCUT2D eigenvalue weighted by Gasteiger charge is 2.17. The lowest BCUT2D eigenvalue weighted by Crippen LogP contribution is -2.38. The zero-order chi connectivity index (χ0) is 17.3. The molecule has 0 spiro atoms. The van der Waals surface area contributed by atoms with Gasteiger partial charge in [0, 0.05) is 39.3 Å². The van der Waals surface area contributed by atoms with Gasteiger partial charge in [-0.3, -0.25) is 18.7 Å². The van der Waals surface area contributed by atoms with E-state index in [0.717, 1.165) is 30.5 Å². The molecule has 0 radical (unpaired) electrons. The lowest BCUT2D eigenvalue weighted by Gasteiger charge is -2.16. The van der Waals surface area contributed by atoms with E-state index in [1.54, 1.807) is 6.07 Å². The fourth-order valence-corrected chi connectivity index (χ4v) is 2.62. The molecule has 24 heavy (non-hydrogen) atoms. The van der Waals surface area contributed by atoms with Gasteiger partial charge in [-0.1, -0.05) is 0 Å². The number of amides is 1. The summed E-state index contributed by atoms with van der Waals surface area (Å²) in [7, 11) is 2.86. The molecule has 0 atom stereocenters. The summed E-state index contributed by atoms with van der Waals surface area (Å²) in [6.45, 7) is 1.81. The second kappa shape index (κ2) is 6.26. The Balaban J connectivity index is 1.87. The molecular weight excluding hydrogens is 312 g/mol. The molecule has 9 nitrogen and oxygen atoms in total. The SMILES string of the molecule is Cn1c(NC(=O)c2cc(N3CCCC3)ncn2)cc(=O)n(C)c1=O. The van der Waals surface area contributed by atoms with Crippen LogP contribution >= 0.6 is 0 Å². The van der Waals surface area contributed by atoms with Crippen molar-refractivity contribution in [1.29, 1.82) is 0 Å². The second-order valence-electron chi connectivity index (χ2n) is 5.68. The van der Waals surface area contributed by atoms with E-state index >= 15 is 0 Å². The summed E-state index contributed by atoms with van der Waals surface area (Å²) in [5, 5.41) is 2.56. The fraction of sp³-hybridized carbons (Fsp3) is 0.400. The van der Waals surface area contributed by atoms with Crippen LogP contribution in [-0.4, -0.2) is 38.1 Å². The molecule has 1 N–H and O–H groups in total. The highest BCUT2D eigenvalue weighted by Crippen LogP contribution is 2.17. The van der Waals surface area contributed by atoms with E-state index in [-0.39, 0.29) is 11.5 Å². The summed E-state index contributed by atoms with van der Waals surface area (Å²) >= 11 is 0. The van der Waals surface area contributed by atoms with Crippen molar-refractivity contribution >= 4 is 17.5 Å². The van der Waals surface area contributed by atoms with Crippen LogP contribution in [0, 0.1) is 0 Å². The standard InChI is InChI=1S/C15H18N6O3/c1-19-12(8-13(22)20(2)15(19)24)18-14(23)10-7-11(17-9-16-10)21-5-3-4-6-21/h7-9H,3-6H2,1-2H3,(H,18,23). The Kier molecular flexibility index (Phi) is 4.15. The van der Waals surface area contributed by atoms with Crippen molar-refractivity contribution in [3.63, 3.8) is 0 Å². The van der Waals surface area contributed by atoms with Gasteiger partial charge in [-0.15, -0.1) is 0 Å². The normalized spacial score (nSPS) is 14.0. The number of nitrogens with one attached hydrogen (secondary N) is 1. The molecule has 1 aliphatic heterocycles. The number of nitrogens with zero attached hydrogens (tertiary/aromatic N) is 5. The highest BCUT2D eigenvalue weighted by atomic mass is 16.2. The molecule has 3 heterocycles. The van der Waals surface area contributed by atoms with Crippen LogP contribution in [0.5, 0.6) is 0 Å². The number of anilines is 2. The second-order valence-corrected chi connectivity index (χ2v) is 5.68. The van der Waals surface area contributed by atoms with Crippen LogP contribution in [0.25, 0.3) is 0 Å². The predicted octanol–water partition coefficient (Wildman–Crippen LogP) is -0.273. The summed E-state index contributed by atoms with van der Waals surface area (Å²) in [4.78, 5) is 46.3. The molecule has 1 aliphatic rings. The predicted molar refractivity (Wildman–Crippen MR) is 88.4 cm³/mol. The van der Waals surface area contributed by atoms with Crippen molar-refractivity contribution in [3.05, 3.63) is 45.0 Å². The average molecular weight is 330 g/mol. The van der Waals surface area contributed by atoms with E-state index in [1.807, 2.05) is 0 Å². The lowest BCUT2D eigenvalue weighted by molar-refractivity contribution is 0.102. The minimum Gasteiger partial charge on any atom is -0.357 e. The molecule has 0 bridgehead atoms. The van der Waals surface area contributed by atoms with Crippen molar-refractivity contribution in [2.24, 2.45) is 14.1 Å². The van der Waals surface area contributed by atoms with Crippen LogP contribution < -0.4 is 21.5 Å². The molecule has 1 saturated heterocycles. The van der Waals surface area contributed by atoms with Crippen LogP contribution in [-0.2, 0) is 14.1 Å². The van der Waals surface area contributed by atoms with Crippen molar-refractivity contribution < 1.29 is 4.79 Å². The van der Waals surface area contributed by atoms with Crippen LogP contribution in [0.3, 0.4) is 0 Å². The Labute approximate surface area is 137 Å². The molecule has 1 fully saturated rings. The Bertz CT molecular complexity index is 895.